The molecule has 2 aliphatic carbocycles. The second kappa shape index (κ2) is 14.4. The Morgan fingerprint density at radius 2 is 0.867 bits per heavy atom. The van der Waals surface area contributed by atoms with E-state index >= 15 is 0 Å². The highest BCUT2D eigenvalue weighted by Crippen LogP contribution is 2.52. The zero-order valence-electron chi connectivity index (χ0n) is 39.4. The Hall–Kier alpha value is -4.34. The van der Waals surface area contributed by atoms with Gasteiger partial charge < -0.3 is 9.80 Å². The van der Waals surface area contributed by atoms with E-state index in [1.54, 1.807) is 0 Å². The van der Waals surface area contributed by atoms with Crippen LogP contribution in [0.4, 0.5) is 34.1 Å². The second-order valence-corrected chi connectivity index (χ2v) is 24.0. The van der Waals surface area contributed by atoms with Crippen molar-refractivity contribution in [3.05, 3.63) is 141 Å². The van der Waals surface area contributed by atoms with Crippen LogP contribution in [0.15, 0.2) is 102 Å². The van der Waals surface area contributed by atoms with Crippen molar-refractivity contribution in [2.75, 3.05) is 9.80 Å². The summed E-state index contributed by atoms with van der Waals surface area (Å²) in [6.45, 7) is 35.6. The molecule has 6 aromatic rings. The highest BCUT2D eigenvalue weighted by molar-refractivity contribution is 7.17. The fourth-order valence-electron chi connectivity index (χ4n) is 10.1. The summed E-state index contributed by atoms with van der Waals surface area (Å²) in [5, 5.41) is 3.67. The first-order valence-electron chi connectivity index (χ1n) is 22.5. The Morgan fingerprint density at radius 3 is 1.35 bits per heavy atom. The van der Waals surface area contributed by atoms with E-state index in [2.05, 4.69) is 216 Å². The molecule has 60 heavy (non-hydrogen) atoms. The van der Waals surface area contributed by atoms with Crippen LogP contribution < -0.4 is 9.80 Å². The van der Waals surface area contributed by atoms with Crippen LogP contribution in [0.25, 0.3) is 10.1 Å². The maximum Gasteiger partial charge on any atom is 0.0647 e. The minimum Gasteiger partial charge on any atom is -0.310 e. The average molecular weight is 815 g/mol. The molecule has 0 bridgehead atoms. The zero-order valence-corrected chi connectivity index (χ0v) is 40.3. The molecule has 314 valence electrons. The van der Waals surface area contributed by atoms with Gasteiger partial charge in [0.25, 0.3) is 0 Å². The summed E-state index contributed by atoms with van der Waals surface area (Å²) < 4.78 is 1.31. The molecule has 0 atom stereocenters. The largest absolute Gasteiger partial charge is 0.310 e. The predicted octanol–water partition coefficient (Wildman–Crippen LogP) is 17.4. The first kappa shape index (κ1) is 42.4. The van der Waals surface area contributed by atoms with Crippen LogP contribution in [0.3, 0.4) is 0 Å². The third-order valence-electron chi connectivity index (χ3n) is 14.4. The lowest BCUT2D eigenvalue weighted by molar-refractivity contribution is 0.332. The first-order chi connectivity index (χ1) is 27.9. The highest BCUT2D eigenvalue weighted by Gasteiger charge is 2.39. The van der Waals surface area contributed by atoms with Crippen molar-refractivity contribution in [2.24, 2.45) is 0 Å². The molecule has 0 aliphatic heterocycles. The van der Waals surface area contributed by atoms with Gasteiger partial charge in [0.1, 0.15) is 0 Å². The zero-order chi connectivity index (χ0) is 43.4. The van der Waals surface area contributed by atoms with Crippen molar-refractivity contribution in [2.45, 2.75) is 162 Å². The van der Waals surface area contributed by atoms with E-state index < -0.39 is 0 Å². The third kappa shape index (κ3) is 7.63. The van der Waals surface area contributed by atoms with Crippen LogP contribution in [0.1, 0.15) is 162 Å². The summed E-state index contributed by atoms with van der Waals surface area (Å²) in [6, 6.07) is 38.4. The number of thiophene rings is 1. The van der Waals surface area contributed by atoms with Gasteiger partial charge in [0, 0.05) is 43.9 Å². The van der Waals surface area contributed by atoms with Gasteiger partial charge in [0.2, 0.25) is 0 Å². The van der Waals surface area contributed by atoms with Crippen molar-refractivity contribution in [1.29, 1.82) is 0 Å². The van der Waals surface area contributed by atoms with E-state index in [1.165, 1.54) is 109 Å². The summed E-state index contributed by atoms with van der Waals surface area (Å²) in [4.78, 5) is 5.08. The molecule has 0 spiro atoms. The fraction of sp³-hybridized carbons (Fsp3) is 0.439. The molecule has 0 unspecified atom stereocenters. The van der Waals surface area contributed by atoms with Gasteiger partial charge in [0.15, 0.2) is 0 Å². The van der Waals surface area contributed by atoms with Crippen LogP contribution >= 0.6 is 11.3 Å². The lowest BCUT2D eigenvalue weighted by Crippen LogP contribution is -2.34. The number of aryl methyl sites for hydroxylation is 1. The fourth-order valence-corrected chi connectivity index (χ4v) is 11.0. The molecular formula is C57H70N2S. The first-order valence-corrected chi connectivity index (χ1v) is 23.4. The van der Waals surface area contributed by atoms with Crippen molar-refractivity contribution >= 4 is 55.5 Å². The Labute approximate surface area is 367 Å². The van der Waals surface area contributed by atoms with E-state index in [4.69, 9.17) is 0 Å². The smallest absolute Gasteiger partial charge is 0.0647 e. The Balaban J connectivity index is 1.38. The van der Waals surface area contributed by atoms with Gasteiger partial charge in [0.05, 0.1) is 5.69 Å². The second-order valence-electron chi connectivity index (χ2n) is 23.1. The van der Waals surface area contributed by atoms with Crippen LogP contribution in [0, 0.1) is 6.92 Å². The molecule has 0 fully saturated rings. The van der Waals surface area contributed by atoms with Crippen molar-refractivity contribution < 1.29 is 0 Å². The van der Waals surface area contributed by atoms with Crippen molar-refractivity contribution in [3.8, 4) is 0 Å². The summed E-state index contributed by atoms with van der Waals surface area (Å²) in [5.41, 5.74) is 17.6. The van der Waals surface area contributed by atoms with Gasteiger partial charge in [-0.05, 0) is 171 Å². The molecule has 1 aromatic heterocycles. The normalized spacial score (nSPS) is 17.9. The summed E-state index contributed by atoms with van der Waals surface area (Å²) >= 11 is 1.84. The Morgan fingerprint density at radius 1 is 0.433 bits per heavy atom. The predicted molar refractivity (Wildman–Crippen MR) is 264 cm³/mol. The van der Waals surface area contributed by atoms with Crippen LogP contribution in [-0.4, -0.2) is 0 Å². The molecule has 0 saturated heterocycles. The van der Waals surface area contributed by atoms with Crippen LogP contribution in [0.5, 0.6) is 0 Å². The van der Waals surface area contributed by atoms with E-state index in [1.807, 2.05) is 11.3 Å². The SMILES string of the molecule is Cc1cc(N(c2ccc3c(c2)C(C)(C)CCC3(C)C)c2ccc3c(c2)C(C)(C)CCC3(C)C)cc(N(c2ccc(C(C)(C)C)cc2)c2csc3ccc(C(C)(C)C)cc23)c1. The molecule has 2 nitrogen and oxygen atoms in total. The molecule has 3 heteroatoms. The van der Waals surface area contributed by atoms with Gasteiger partial charge in [-0.2, -0.15) is 0 Å². The Bertz CT molecular complexity index is 2500. The Kier molecular flexibility index (Phi) is 10.1. The molecule has 8 rings (SSSR count). The molecule has 2 aliphatic rings. The average Bonchev–Trinajstić information content (AvgIpc) is 3.58. The molecule has 5 aromatic carbocycles. The molecule has 0 radical (unpaired) electrons. The number of rotatable bonds is 6. The lowest BCUT2D eigenvalue weighted by Gasteiger charge is -2.43. The maximum atomic E-state index is 2.57. The van der Waals surface area contributed by atoms with Gasteiger partial charge in [-0.1, -0.05) is 127 Å². The molecular weight excluding hydrogens is 745 g/mol. The molecule has 0 amide bonds. The van der Waals surface area contributed by atoms with E-state index in [0.717, 1.165) is 0 Å². The third-order valence-corrected chi connectivity index (χ3v) is 15.4. The van der Waals surface area contributed by atoms with E-state index in [-0.39, 0.29) is 32.5 Å². The van der Waals surface area contributed by atoms with Crippen molar-refractivity contribution in [3.63, 3.8) is 0 Å². The lowest BCUT2D eigenvalue weighted by atomic mass is 9.63. The van der Waals surface area contributed by atoms with Gasteiger partial charge >= 0.3 is 0 Å². The minimum absolute atomic E-state index is 0.0426. The summed E-state index contributed by atoms with van der Waals surface area (Å²) in [6.07, 6.45) is 4.77. The number of nitrogens with zero attached hydrogens (tertiary/aromatic N) is 2. The molecule has 0 N–H and O–H groups in total. The summed E-state index contributed by atoms with van der Waals surface area (Å²) in [7, 11) is 0. The molecule has 0 saturated carbocycles. The van der Waals surface area contributed by atoms with E-state index in [9.17, 15) is 0 Å². The van der Waals surface area contributed by atoms with Gasteiger partial charge in [-0.15, -0.1) is 11.3 Å². The summed E-state index contributed by atoms with van der Waals surface area (Å²) in [5.74, 6) is 0. The number of anilines is 6. The number of hydrogen-bond acceptors (Lipinski definition) is 3. The minimum atomic E-state index is 0.0426. The number of fused-ring (bicyclic) bond motifs is 3. The van der Waals surface area contributed by atoms with Gasteiger partial charge in [-0.25, -0.2) is 0 Å². The van der Waals surface area contributed by atoms with Crippen LogP contribution in [0.2, 0.25) is 0 Å². The highest BCUT2D eigenvalue weighted by atomic mass is 32.1. The number of hydrogen-bond donors (Lipinski definition) is 0. The standard InChI is InChI=1S/C57H70N2S/c1-37-30-43(33-44(31-37)59(40-19-16-38(17-20-40)52(2,3)4)50-36-60-51-25-18-39(32-45(50)51)53(5,6)7)58(41-21-23-46-48(34-41)56(12,13)28-26-54(46,8)9)42-22-24-47-49(35-42)57(14,15)29-27-55(47,10)11/h16-25,30-36H,26-29H2,1-15H3. The monoisotopic (exact) mass is 815 g/mol. The number of benzene rings is 5. The molecule has 1 heterocycles. The quantitative estimate of drug-likeness (QED) is 0.165. The maximum absolute atomic E-state index is 2.57. The topological polar surface area (TPSA) is 6.48 Å². The van der Waals surface area contributed by atoms with Crippen LogP contribution in [-0.2, 0) is 32.5 Å². The van der Waals surface area contributed by atoms with E-state index in [0.29, 0.717) is 0 Å². The van der Waals surface area contributed by atoms with Crippen molar-refractivity contribution in [1.82, 2.24) is 0 Å². The van der Waals surface area contributed by atoms with Gasteiger partial charge in [-0.3, -0.25) is 0 Å².